The molecule has 1 saturated heterocycles. The molecule has 2 atom stereocenters. The molecule has 2 aliphatic rings. The molecule has 1 saturated carbocycles. The molecule has 96 valence electrons. The third-order valence-corrected chi connectivity index (χ3v) is 4.38. The highest BCUT2D eigenvalue weighted by atomic mass is 16.2. The summed E-state index contributed by atoms with van der Waals surface area (Å²) in [6, 6.07) is 0.118. The lowest BCUT2D eigenvalue weighted by atomic mass is 9.74. The molecule has 0 spiro atoms. The zero-order valence-corrected chi connectivity index (χ0v) is 10.7. The second kappa shape index (κ2) is 6.55. The van der Waals surface area contributed by atoms with E-state index < -0.39 is 0 Å². The third-order valence-electron chi connectivity index (χ3n) is 4.38. The quantitative estimate of drug-likeness (QED) is 0.540. The molecule has 1 aliphatic carbocycles. The lowest BCUT2D eigenvalue weighted by Crippen LogP contribution is -2.50. The van der Waals surface area contributed by atoms with Crippen molar-refractivity contribution in [1.29, 1.82) is 0 Å². The molecule has 4 heteroatoms. The Balaban J connectivity index is 1.84. The summed E-state index contributed by atoms with van der Waals surface area (Å²) in [5.74, 6) is 1.35. The number of carbonyl (C=O) groups is 1. The van der Waals surface area contributed by atoms with Crippen molar-refractivity contribution >= 4 is 13.3 Å². The van der Waals surface area contributed by atoms with Gasteiger partial charge < -0.3 is 10.3 Å². The Morgan fingerprint density at radius 1 is 1.29 bits per heavy atom. The summed E-state index contributed by atoms with van der Waals surface area (Å²) in [6.45, 7) is 1.000. The Bertz CT molecular complexity index is 256. The Kier molecular flexibility index (Phi) is 5.05. The molecule has 1 aliphatic heterocycles. The van der Waals surface area contributed by atoms with Gasteiger partial charge in [0.05, 0.1) is 6.04 Å². The van der Waals surface area contributed by atoms with Crippen molar-refractivity contribution in [2.75, 3.05) is 6.54 Å². The first-order valence-corrected chi connectivity index (χ1v) is 7.21. The molecule has 1 heterocycles. The van der Waals surface area contributed by atoms with Crippen LogP contribution in [0.5, 0.6) is 0 Å². The minimum atomic E-state index is 0.118. The van der Waals surface area contributed by atoms with Crippen LogP contribution in [0.2, 0.25) is 6.32 Å². The molecular weight excluding hydrogens is 213 g/mol. The van der Waals surface area contributed by atoms with E-state index in [0.29, 0.717) is 17.6 Å². The molecule has 0 aromatic heterocycles. The Morgan fingerprint density at radius 3 is 2.76 bits per heavy atom. The zero-order valence-electron chi connectivity index (χ0n) is 10.7. The Hall–Kier alpha value is -0.345. The molecule has 0 radical (unpaired) electrons. The topological polar surface area (TPSA) is 49.3 Å². The third kappa shape index (κ3) is 3.32. The van der Waals surface area contributed by atoms with Gasteiger partial charge in [-0.15, -0.1) is 0 Å². The van der Waals surface area contributed by atoms with E-state index in [1.54, 1.807) is 0 Å². The maximum atomic E-state index is 12.3. The van der Waals surface area contributed by atoms with Crippen molar-refractivity contribution in [3.63, 3.8) is 0 Å². The summed E-state index contributed by atoms with van der Waals surface area (Å²) in [4.78, 5) is 12.3. The van der Waals surface area contributed by atoms with Gasteiger partial charge in [-0.1, -0.05) is 19.2 Å². The SMILES string of the molecule is O=C(C1CCC1)C1NCCCC1CCCBO. The molecule has 2 rings (SSSR count). The van der Waals surface area contributed by atoms with Crippen LogP contribution in [0, 0.1) is 11.8 Å². The van der Waals surface area contributed by atoms with Crippen LogP contribution in [-0.4, -0.2) is 30.9 Å². The van der Waals surface area contributed by atoms with Gasteiger partial charge in [0.15, 0.2) is 5.78 Å². The number of Topliss-reactive ketones (excluding diaryl/α,β-unsaturated/α-hetero) is 1. The fraction of sp³-hybridized carbons (Fsp3) is 0.923. The average molecular weight is 237 g/mol. The predicted octanol–water partition coefficient (Wildman–Crippen LogP) is 1.27. The van der Waals surface area contributed by atoms with E-state index in [1.807, 2.05) is 0 Å². The molecule has 0 aromatic carbocycles. The normalized spacial score (nSPS) is 29.7. The molecule has 3 nitrogen and oxygen atoms in total. The number of ketones is 1. The molecule has 2 unspecified atom stereocenters. The summed E-state index contributed by atoms with van der Waals surface area (Å²) in [6.07, 6.45) is 8.85. The average Bonchev–Trinajstić information content (AvgIpc) is 2.27. The molecule has 2 fully saturated rings. The van der Waals surface area contributed by atoms with Gasteiger partial charge in [0.1, 0.15) is 0 Å². The molecule has 0 bridgehead atoms. The Labute approximate surface area is 105 Å². The predicted molar refractivity (Wildman–Crippen MR) is 70.3 cm³/mol. The lowest BCUT2D eigenvalue weighted by Gasteiger charge is -2.36. The van der Waals surface area contributed by atoms with E-state index in [2.05, 4.69) is 5.32 Å². The van der Waals surface area contributed by atoms with Crippen LogP contribution in [0.1, 0.15) is 44.9 Å². The van der Waals surface area contributed by atoms with Crippen molar-refractivity contribution in [3.8, 4) is 0 Å². The van der Waals surface area contributed by atoms with Crippen molar-refractivity contribution in [2.45, 2.75) is 57.3 Å². The fourth-order valence-corrected chi connectivity index (χ4v) is 3.06. The van der Waals surface area contributed by atoms with Gasteiger partial charge >= 0.3 is 0 Å². The van der Waals surface area contributed by atoms with Crippen molar-refractivity contribution in [3.05, 3.63) is 0 Å². The second-order valence-electron chi connectivity index (χ2n) is 5.58. The van der Waals surface area contributed by atoms with E-state index in [0.717, 1.165) is 38.5 Å². The summed E-state index contributed by atoms with van der Waals surface area (Å²) in [5, 5.41) is 12.3. The van der Waals surface area contributed by atoms with Gasteiger partial charge in [0.2, 0.25) is 0 Å². The molecule has 0 amide bonds. The largest absolute Gasteiger partial charge is 0.454 e. The van der Waals surface area contributed by atoms with E-state index in [4.69, 9.17) is 5.02 Å². The van der Waals surface area contributed by atoms with Gasteiger partial charge in [-0.05, 0) is 44.6 Å². The summed E-state index contributed by atoms with van der Waals surface area (Å²) >= 11 is 0. The minimum Gasteiger partial charge on any atom is -0.454 e. The number of piperidine rings is 1. The summed E-state index contributed by atoms with van der Waals surface area (Å²) in [7, 11) is 0.279. The number of rotatable bonds is 6. The van der Waals surface area contributed by atoms with E-state index in [1.165, 1.54) is 19.3 Å². The van der Waals surface area contributed by atoms with Crippen LogP contribution < -0.4 is 5.32 Å². The van der Waals surface area contributed by atoms with E-state index >= 15 is 0 Å². The number of nitrogens with one attached hydrogen (secondary N) is 1. The fourth-order valence-electron chi connectivity index (χ4n) is 3.06. The summed E-state index contributed by atoms with van der Waals surface area (Å²) < 4.78 is 0. The number of carbonyl (C=O) groups excluding carboxylic acids is 1. The summed E-state index contributed by atoms with van der Waals surface area (Å²) in [5.41, 5.74) is 0. The van der Waals surface area contributed by atoms with E-state index in [9.17, 15) is 4.79 Å². The van der Waals surface area contributed by atoms with Crippen LogP contribution in [0.25, 0.3) is 0 Å². The maximum Gasteiger partial charge on any atom is 0.270 e. The van der Waals surface area contributed by atoms with Gasteiger partial charge in [0.25, 0.3) is 7.48 Å². The van der Waals surface area contributed by atoms with Crippen molar-refractivity contribution < 1.29 is 9.82 Å². The zero-order chi connectivity index (χ0) is 12.1. The maximum absolute atomic E-state index is 12.3. The molecule has 2 N–H and O–H groups in total. The minimum absolute atomic E-state index is 0.118. The second-order valence-corrected chi connectivity index (χ2v) is 5.58. The molecule has 0 aromatic rings. The van der Waals surface area contributed by atoms with Crippen LogP contribution in [-0.2, 0) is 4.79 Å². The van der Waals surface area contributed by atoms with Crippen molar-refractivity contribution in [1.82, 2.24) is 5.32 Å². The van der Waals surface area contributed by atoms with Crippen LogP contribution >= 0.6 is 0 Å². The highest BCUT2D eigenvalue weighted by Gasteiger charge is 2.36. The highest BCUT2D eigenvalue weighted by molar-refractivity contribution is 6.25. The first-order chi connectivity index (χ1) is 8.33. The van der Waals surface area contributed by atoms with Gasteiger partial charge in [-0.2, -0.15) is 0 Å². The number of hydrogen-bond acceptors (Lipinski definition) is 3. The van der Waals surface area contributed by atoms with Crippen LogP contribution in [0.15, 0.2) is 0 Å². The first kappa shape index (κ1) is 13.1. The standard InChI is InChI=1S/C13H24BNO2/c16-13(11-4-1-5-11)12-10(6-2-8-14-17)7-3-9-15-12/h10-12,14-15,17H,1-9H2. The van der Waals surface area contributed by atoms with Gasteiger partial charge in [0, 0.05) is 5.92 Å². The monoisotopic (exact) mass is 237 g/mol. The van der Waals surface area contributed by atoms with Gasteiger partial charge in [-0.3, -0.25) is 4.79 Å². The van der Waals surface area contributed by atoms with Gasteiger partial charge in [-0.25, -0.2) is 0 Å². The van der Waals surface area contributed by atoms with Crippen molar-refractivity contribution in [2.24, 2.45) is 11.8 Å². The van der Waals surface area contributed by atoms with Crippen LogP contribution in [0.3, 0.4) is 0 Å². The molecule has 17 heavy (non-hydrogen) atoms. The lowest BCUT2D eigenvalue weighted by molar-refractivity contribution is -0.129. The smallest absolute Gasteiger partial charge is 0.270 e. The van der Waals surface area contributed by atoms with E-state index in [-0.39, 0.29) is 13.5 Å². The Morgan fingerprint density at radius 2 is 2.12 bits per heavy atom. The van der Waals surface area contributed by atoms with Crippen LogP contribution in [0.4, 0.5) is 0 Å². The number of hydrogen-bond donors (Lipinski definition) is 2. The molecular formula is C13H24BNO2. The highest BCUT2D eigenvalue weighted by Crippen LogP contribution is 2.32. The first-order valence-electron chi connectivity index (χ1n) is 7.21.